The minimum atomic E-state index is -0.996. The number of nitrogens with one attached hydrogen (secondary N) is 1. The molecule has 0 aliphatic carbocycles. The van der Waals surface area contributed by atoms with Crippen LogP contribution in [0.25, 0.3) is 0 Å². The molecular formula is C22H24N2O6. The van der Waals surface area contributed by atoms with Crippen molar-refractivity contribution < 1.29 is 28.5 Å². The summed E-state index contributed by atoms with van der Waals surface area (Å²) >= 11 is 0. The molecule has 2 aromatic carbocycles. The van der Waals surface area contributed by atoms with Crippen LogP contribution >= 0.6 is 0 Å². The quantitative estimate of drug-likeness (QED) is 0.631. The number of methoxy groups -OCH3 is 2. The number of esters is 1. The molecule has 0 saturated heterocycles. The van der Waals surface area contributed by atoms with Crippen molar-refractivity contribution in [1.82, 2.24) is 5.32 Å². The summed E-state index contributed by atoms with van der Waals surface area (Å²) in [5.41, 5.74) is 1.29. The Morgan fingerprint density at radius 1 is 1.00 bits per heavy atom. The molecule has 1 N–H and O–H groups in total. The Bertz CT molecular complexity index is 920. The molecule has 0 bridgehead atoms. The second kappa shape index (κ2) is 10.7. The number of carbonyl (C=O) groups excluding carboxylic acids is 2. The van der Waals surface area contributed by atoms with E-state index in [1.165, 1.54) is 21.0 Å². The van der Waals surface area contributed by atoms with Gasteiger partial charge in [-0.3, -0.25) is 4.79 Å². The van der Waals surface area contributed by atoms with Crippen molar-refractivity contribution in [3.63, 3.8) is 0 Å². The molecule has 1 amide bonds. The minimum Gasteiger partial charge on any atom is -0.493 e. The average Bonchev–Trinajstić information content (AvgIpc) is 2.77. The van der Waals surface area contributed by atoms with E-state index in [0.29, 0.717) is 22.8 Å². The molecule has 8 heteroatoms. The summed E-state index contributed by atoms with van der Waals surface area (Å²) in [6.45, 7) is 3.24. The van der Waals surface area contributed by atoms with Crippen molar-refractivity contribution >= 4 is 11.9 Å². The van der Waals surface area contributed by atoms with Gasteiger partial charge in [-0.05, 0) is 55.8 Å². The monoisotopic (exact) mass is 412 g/mol. The maximum Gasteiger partial charge on any atom is 0.347 e. The average molecular weight is 412 g/mol. The third-order valence-corrected chi connectivity index (χ3v) is 4.21. The number of benzene rings is 2. The number of hydrogen-bond donors (Lipinski definition) is 1. The smallest absolute Gasteiger partial charge is 0.347 e. The zero-order valence-electron chi connectivity index (χ0n) is 17.3. The lowest BCUT2D eigenvalue weighted by Crippen LogP contribution is -2.38. The van der Waals surface area contributed by atoms with Gasteiger partial charge in [-0.15, -0.1) is 0 Å². The van der Waals surface area contributed by atoms with E-state index in [2.05, 4.69) is 5.32 Å². The van der Waals surface area contributed by atoms with Gasteiger partial charge < -0.3 is 24.3 Å². The molecule has 0 spiro atoms. The van der Waals surface area contributed by atoms with Gasteiger partial charge in [0.15, 0.2) is 23.7 Å². The maximum atomic E-state index is 12.3. The van der Waals surface area contributed by atoms with Crippen LogP contribution in [0.2, 0.25) is 0 Å². The van der Waals surface area contributed by atoms with E-state index in [0.717, 1.165) is 5.56 Å². The largest absolute Gasteiger partial charge is 0.493 e. The van der Waals surface area contributed by atoms with Gasteiger partial charge in [0, 0.05) is 6.54 Å². The van der Waals surface area contributed by atoms with E-state index in [4.69, 9.17) is 24.2 Å². The van der Waals surface area contributed by atoms with Crippen molar-refractivity contribution in [2.75, 3.05) is 14.2 Å². The number of ether oxygens (including phenoxy) is 4. The van der Waals surface area contributed by atoms with Crippen LogP contribution < -0.4 is 19.5 Å². The van der Waals surface area contributed by atoms with Crippen LogP contribution in [-0.2, 0) is 20.9 Å². The van der Waals surface area contributed by atoms with E-state index in [1.807, 2.05) is 6.07 Å². The molecule has 0 aliphatic heterocycles. The van der Waals surface area contributed by atoms with Crippen LogP contribution in [0.3, 0.4) is 0 Å². The van der Waals surface area contributed by atoms with Crippen molar-refractivity contribution in [1.29, 1.82) is 5.26 Å². The minimum absolute atomic E-state index is 0.234. The molecule has 0 saturated carbocycles. The lowest BCUT2D eigenvalue weighted by Gasteiger charge is -2.18. The fraction of sp³-hybridized carbons (Fsp3) is 0.318. The molecule has 0 aliphatic rings. The van der Waals surface area contributed by atoms with Gasteiger partial charge in [0.1, 0.15) is 5.75 Å². The first-order chi connectivity index (χ1) is 14.4. The lowest BCUT2D eigenvalue weighted by molar-refractivity contribution is -0.160. The van der Waals surface area contributed by atoms with Gasteiger partial charge >= 0.3 is 5.97 Å². The van der Waals surface area contributed by atoms with Gasteiger partial charge in [-0.1, -0.05) is 6.07 Å². The molecule has 0 fully saturated rings. The van der Waals surface area contributed by atoms with E-state index >= 15 is 0 Å². The van der Waals surface area contributed by atoms with Gasteiger partial charge in [-0.25, -0.2) is 4.79 Å². The molecule has 0 unspecified atom stereocenters. The van der Waals surface area contributed by atoms with E-state index < -0.39 is 24.1 Å². The predicted molar refractivity (Wildman–Crippen MR) is 108 cm³/mol. The molecule has 30 heavy (non-hydrogen) atoms. The molecular weight excluding hydrogens is 388 g/mol. The number of amides is 1. The highest BCUT2D eigenvalue weighted by Gasteiger charge is 2.23. The van der Waals surface area contributed by atoms with Crippen LogP contribution in [0.5, 0.6) is 17.2 Å². The van der Waals surface area contributed by atoms with Crippen molar-refractivity contribution in [2.45, 2.75) is 32.6 Å². The summed E-state index contributed by atoms with van der Waals surface area (Å²) in [7, 11) is 3.07. The third kappa shape index (κ3) is 6.14. The van der Waals surface area contributed by atoms with Crippen LogP contribution in [0.15, 0.2) is 42.5 Å². The van der Waals surface area contributed by atoms with Gasteiger partial charge in [0.05, 0.1) is 25.9 Å². The Morgan fingerprint density at radius 2 is 1.67 bits per heavy atom. The fourth-order valence-electron chi connectivity index (χ4n) is 2.51. The zero-order chi connectivity index (χ0) is 22.1. The first-order valence-electron chi connectivity index (χ1n) is 9.23. The molecule has 0 heterocycles. The molecule has 0 radical (unpaired) electrons. The Balaban J connectivity index is 1.85. The normalized spacial score (nSPS) is 12.1. The third-order valence-electron chi connectivity index (χ3n) is 4.21. The van der Waals surface area contributed by atoms with Crippen molar-refractivity contribution in [3.8, 4) is 23.3 Å². The standard InChI is InChI=1S/C22H24N2O6/c1-14(21(25)24-13-17-7-10-19(27-3)20(11-17)28-4)30-22(26)15(2)29-18-8-5-16(12-23)6-9-18/h5-11,14-15H,13H2,1-4H3,(H,24,25)/t14-,15+/m0/s1. The number of rotatable bonds is 9. The highest BCUT2D eigenvalue weighted by atomic mass is 16.6. The van der Waals surface area contributed by atoms with Crippen molar-refractivity contribution in [3.05, 3.63) is 53.6 Å². The summed E-state index contributed by atoms with van der Waals surface area (Å²) in [6.07, 6.45) is -1.91. The Morgan fingerprint density at radius 3 is 2.27 bits per heavy atom. The second-order valence-electron chi connectivity index (χ2n) is 6.38. The van der Waals surface area contributed by atoms with Crippen molar-refractivity contribution in [2.24, 2.45) is 0 Å². The van der Waals surface area contributed by atoms with E-state index in [-0.39, 0.29) is 6.54 Å². The Labute approximate surface area is 175 Å². The molecule has 2 aromatic rings. The summed E-state index contributed by atoms with van der Waals surface area (Å²) in [5, 5.41) is 11.5. The van der Waals surface area contributed by atoms with Crippen LogP contribution in [-0.4, -0.2) is 38.3 Å². The molecule has 158 valence electrons. The van der Waals surface area contributed by atoms with Gasteiger partial charge in [0.2, 0.25) is 0 Å². The number of nitriles is 1. The van der Waals surface area contributed by atoms with E-state index in [1.54, 1.807) is 49.6 Å². The Hall–Kier alpha value is -3.73. The zero-order valence-corrected chi connectivity index (χ0v) is 17.3. The first kappa shape index (κ1) is 22.6. The molecule has 2 rings (SSSR count). The Kier molecular flexibility index (Phi) is 8.06. The number of hydrogen-bond acceptors (Lipinski definition) is 7. The van der Waals surface area contributed by atoms with Crippen LogP contribution in [0.4, 0.5) is 0 Å². The predicted octanol–water partition coefficient (Wildman–Crippen LogP) is 2.59. The highest BCUT2D eigenvalue weighted by Crippen LogP contribution is 2.27. The summed E-state index contributed by atoms with van der Waals surface area (Å²) < 4.78 is 21.1. The topological polar surface area (TPSA) is 107 Å². The van der Waals surface area contributed by atoms with E-state index in [9.17, 15) is 9.59 Å². The first-order valence-corrected chi connectivity index (χ1v) is 9.23. The molecule has 8 nitrogen and oxygen atoms in total. The number of carbonyl (C=O) groups is 2. The summed E-state index contributed by atoms with van der Waals surface area (Å²) in [5.74, 6) is 0.449. The summed E-state index contributed by atoms with van der Waals surface area (Å²) in [4.78, 5) is 24.5. The van der Waals surface area contributed by atoms with Gasteiger partial charge in [-0.2, -0.15) is 5.26 Å². The number of nitrogens with zero attached hydrogens (tertiary/aromatic N) is 1. The highest BCUT2D eigenvalue weighted by molar-refractivity contribution is 5.84. The fourth-order valence-corrected chi connectivity index (χ4v) is 2.51. The van der Waals surface area contributed by atoms with Gasteiger partial charge in [0.25, 0.3) is 5.91 Å². The molecule has 0 aromatic heterocycles. The molecule has 2 atom stereocenters. The SMILES string of the molecule is COc1ccc(CNC(=O)[C@H](C)OC(=O)[C@@H](C)Oc2ccc(C#N)cc2)cc1OC. The lowest BCUT2D eigenvalue weighted by atomic mass is 10.2. The van der Waals surface area contributed by atoms with Crippen LogP contribution in [0.1, 0.15) is 25.0 Å². The van der Waals surface area contributed by atoms with Crippen LogP contribution in [0, 0.1) is 11.3 Å². The maximum absolute atomic E-state index is 12.3. The second-order valence-corrected chi connectivity index (χ2v) is 6.38. The summed E-state index contributed by atoms with van der Waals surface area (Å²) in [6, 6.07) is 13.6.